The van der Waals surface area contributed by atoms with Gasteiger partial charge in [0, 0.05) is 31.0 Å². The molecule has 4 rings (SSSR count). The third-order valence-corrected chi connectivity index (χ3v) is 5.19. The summed E-state index contributed by atoms with van der Waals surface area (Å²) < 4.78 is 22.7. The Bertz CT molecular complexity index is 1030. The molecule has 7 heteroatoms. The molecule has 1 amide bonds. The molecule has 1 aliphatic rings. The van der Waals surface area contributed by atoms with Crippen LogP contribution < -0.4 is 19.5 Å². The molecule has 1 saturated heterocycles. The summed E-state index contributed by atoms with van der Waals surface area (Å²) in [6, 6.07) is 18.2. The van der Waals surface area contributed by atoms with Gasteiger partial charge in [-0.3, -0.25) is 4.79 Å². The van der Waals surface area contributed by atoms with Gasteiger partial charge >= 0.3 is 0 Å². The van der Waals surface area contributed by atoms with Crippen molar-refractivity contribution in [3.63, 3.8) is 0 Å². The first kappa shape index (κ1) is 22.6. The quantitative estimate of drug-likeness (QED) is 0.482. The van der Waals surface area contributed by atoms with E-state index in [1.165, 1.54) is 0 Å². The fraction of sp³-hybridized carbons (Fsp3) is 0.308. The largest absolute Gasteiger partial charge is 0.491 e. The summed E-state index contributed by atoms with van der Waals surface area (Å²) in [5, 5.41) is 2.91. The Hall–Kier alpha value is -3.58. The Kier molecular flexibility index (Phi) is 7.76. The van der Waals surface area contributed by atoms with Gasteiger partial charge in [-0.1, -0.05) is 18.2 Å². The number of nitrogens with zero attached hydrogens (tertiary/aromatic N) is 1. The van der Waals surface area contributed by atoms with Crippen LogP contribution in [0.1, 0.15) is 35.7 Å². The van der Waals surface area contributed by atoms with Crippen LogP contribution in [0.2, 0.25) is 0 Å². The van der Waals surface area contributed by atoms with Gasteiger partial charge in [0.25, 0.3) is 5.91 Å². The van der Waals surface area contributed by atoms with Crippen molar-refractivity contribution >= 4 is 5.91 Å². The minimum atomic E-state index is -0.161. The molecule has 0 spiro atoms. The number of carbonyl (C=O) groups is 1. The van der Waals surface area contributed by atoms with Crippen molar-refractivity contribution in [2.75, 3.05) is 19.8 Å². The second kappa shape index (κ2) is 11.3. The van der Waals surface area contributed by atoms with Crippen molar-refractivity contribution in [2.24, 2.45) is 0 Å². The summed E-state index contributed by atoms with van der Waals surface area (Å²) in [5.74, 6) is 2.30. The Morgan fingerprint density at radius 3 is 2.58 bits per heavy atom. The summed E-state index contributed by atoms with van der Waals surface area (Å²) in [4.78, 5) is 16.8. The minimum Gasteiger partial charge on any atom is -0.491 e. The van der Waals surface area contributed by atoms with Crippen LogP contribution in [0.4, 0.5) is 0 Å². The number of benzene rings is 2. The molecule has 1 atom stereocenters. The molecule has 1 aromatic heterocycles. The number of aromatic nitrogens is 1. The highest BCUT2D eigenvalue weighted by molar-refractivity contribution is 5.94. The molecule has 0 aliphatic carbocycles. The van der Waals surface area contributed by atoms with Crippen molar-refractivity contribution in [3.8, 4) is 23.1 Å². The summed E-state index contributed by atoms with van der Waals surface area (Å²) in [7, 11) is 0. The third kappa shape index (κ3) is 6.46. The van der Waals surface area contributed by atoms with Gasteiger partial charge in [0.1, 0.15) is 12.4 Å². The van der Waals surface area contributed by atoms with Gasteiger partial charge in [-0.25, -0.2) is 4.98 Å². The Morgan fingerprint density at radius 2 is 1.88 bits per heavy atom. The number of pyridine rings is 1. The molecule has 0 radical (unpaired) electrons. The lowest BCUT2D eigenvalue weighted by atomic mass is 10.2. The number of hydrogen-bond acceptors (Lipinski definition) is 6. The van der Waals surface area contributed by atoms with Crippen LogP contribution in [0.5, 0.6) is 23.1 Å². The fourth-order valence-electron chi connectivity index (χ4n) is 3.45. The number of hydrogen-bond donors (Lipinski definition) is 1. The third-order valence-electron chi connectivity index (χ3n) is 5.19. The second-order valence-electron chi connectivity index (χ2n) is 7.64. The highest BCUT2D eigenvalue weighted by Crippen LogP contribution is 2.30. The zero-order valence-corrected chi connectivity index (χ0v) is 18.7. The zero-order chi connectivity index (χ0) is 22.9. The maximum atomic E-state index is 12.5. The van der Waals surface area contributed by atoms with Gasteiger partial charge in [-0.2, -0.15) is 0 Å². The average Bonchev–Trinajstić information content (AvgIpc) is 3.38. The molecule has 2 heterocycles. The van der Waals surface area contributed by atoms with Crippen molar-refractivity contribution in [2.45, 2.75) is 32.4 Å². The normalized spacial score (nSPS) is 15.1. The van der Waals surface area contributed by atoms with E-state index >= 15 is 0 Å². The van der Waals surface area contributed by atoms with E-state index in [9.17, 15) is 4.79 Å². The molecule has 2 aromatic carbocycles. The van der Waals surface area contributed by atoms with E-state index in [1.807, 2.05) is 37.3 Å². The van der Waals surface area contributed by atoms with Gasteiger partial charge in [-0.15, -0.1) is 0 Å². The topological polar surface area (TPSA) is 78.9 Å². The van der Waals surface area contributed by atoms with E-state index in [1.54, 1.807) is 36.5 Å². The molecule has 1 unspecified atom stereocenters. The van der Waals surface area contributed by atoms with Crippen LogP contribution in [0.3, 0.4) is 0 Å². The van der Waals surface area contributed by atoms with E-state index in [-0.39, 0.29) is 12.0 Å². The number of amides is 1. The molecule has 1 aliphatic heterocycles. The van der Waals surface area contributed by atoms with Crippen molar-refractivity contribution in [1.29, 1.82) is 0 Å². The van der Waals surface area contributed by atoms with Gasteiger partial charge in [0.15, 0.2) is 11.5 Å². The van der Waals surface area contributed by atoms with Gasteiger partial charge in [0.2, 0.25) is 5.88 Å². The van der Waals surface area contributed by atoms with Crippen molar-refractivity contribution in [1.82, 2.24) is 10.3 Å². The van der Waals surface area contributed by atoms with Crippen LogP contribution in [-0.2, 0) is 11.3 Å². The molecular weight excluding hydrogens is 420 g/mol. The van der Waals surface area contributed by atoms with Crippen LogP contribution in [-0.4, -0.2) is 36.8 Å². The summed E-state index contributed by atoms with van der Waals surface area (Å²) in [5.41, 5.74) is 1.44. The smallest absolute Gasteiger partial charge is 0.251 e. The van der Waals surface area contributed by atoms with Gasteiger partial charge in [-0.05, 0) is 61.7 Å². The standard InChI is InChI=1S/C26H28N2O5/c1-2-30-23-7-3-4-8-24(23)33-25-14-9-19(16-27-25)17-28-26(29)20-10-12-21(13-11-20)32-18-22-6-5-15-31-22/h3-4,7-14,16,22H,2,5-6,15,17-18H2,1H3,(H,28,29). The first-order valence-corrected chi connectivity index (χ1v) is 11.2. The van der Waals surface area contributed by atoms with Crippen LogP contribution in [0.15, 0.2) is 66.9 Å². The number of ether oxygens (including phenoxy) is 4. The fourth-order valence-corrected chi connectivity index (χ4v) is 3.45. The number of nitrogens with one attached hydrogen (secondary N) is 1. The maximum absolute atomic E-state index is 12.5. The van der Waals surface area contributed by atoms with Gasteiger partial charge in [0.05, 0.1) is 12.7 Å². The Labute approximate surface area is 193 Å². The zero-order valence-electron chi connectivity index (χ0n) is 18.7. The van der Waals surface area contributed by atoms with Crippen LogP contribution >= 0.6 is 0 Å². The molecular formula is C26H28N2O5. The predicted molar refractivity (Wildman–Crippen MR) is 124 cm³/mol. The first-order valence-electron chi connectivity index (χ1n) is 11.2. The molecule has 1 N–H and O–H groups in total. The molecule has 1 fully saturated rings. The number of para-hydroxylation sites is 2. The highest BCUT2D eigenvalue weighted by Gasteiger charge is 2.16. The molecule has 7 nitrogen and oxygen atoms in total. The monoisotopic (exact) mass is 448 g/mol. The summed E-state index contributed by atoms with van der Waals surface area (Å²) >= 11 is 0. The molecule has 0 bridgehead atoms. The van der Waals surface area contributed by atoms with Crippen molar-refractivity contribution in [3.05, 3.63) is 78.0 Å². The first-order chi connectivity index (χ1) is 16.2. The van der Waals surface area contributed by atoms with E-state index in [0.717, 1.165) is 30.8 Å². The number of carbonyl (C=O) groups excluding carboxylic acids is 1. The predicted octanol–water partition coefficient (Wildman–Crippen LogP) is 4.76. The van der Waals surface area contributed by atoms with E-state index < -0.39 is 0 Å². The lowest BCUT2D eigenvalue weighted by molar-refractivity contribution is 0.0679. The van der Waals surface area contributed by atoms with Crippen molar-refractivity contribution < 1.29 is 23.7 Å². The molecule has 0 saturated carbocycles. The summed E-state index contributed by atoms with van der Waals surface area (Å²) in [6.07, 6.45) is 3.96. The lowest BCUT2D eigenvalue weighted by Gasteiger charge is -2.12. The molecule has 172 valence electrons. The SMILES string of the molecule is CCOc1ccccc1Oc1ccc(CNC(=O)c2ccc(OCC3CCCO3)cc2)cn1. The number of rotatable bonds is 10. The lowest BCUT2D eigenvalue weighted by Crippen LogP contribution is -2.22. The minimum absolute atomic E-state index is 0.161. The maximum Gasteiger partial charge on any atom is 0.251 e. The van der Waals surface area contributed by atoms with E-state index in [2.05, 4.69) is 10.3 Å². The Morgan fingerprint density at radius 1 is 1.06 bits per heavy atom. The van der Waals surface area contributed by atoms with Gasteiger partial charge < -0.3 is 24.3 Å². The van der Waals surface area contributed by atoms with Crippen LogP contribution in [0.25, 0.3) is 0 Å². The van der Waals surface area contributed by atoms with E-state index in [0.29, 0.717) is 42.7 Å². The summed E-state index contributed by atoms with van der Waals surface area (Å²) in [6.45, 7) is 4.18. The molecule has 33 heavy (non-hydrogen) atoms. The second-order valence-corrected chi connectivity index (χ2v) is 7.64. The Balaban J connectivity index is 1.26. The average molecular weight is 449 g/mol. The highest BCUT2D eigenvalue weighted by atomic mass is 16.5. The van der Waals surface area contributed by atoms with E-state index in [4.69, 9.17) is 18.9 Å². The molecule has 3 aromatic rings. The van der Waals surface area contributed by atoms with Crippen LogP contribution in [0, 0.1) is 0 Å².